The van der Waals surface area contributed by atoms with Gasteiger partial charge < -0.3 is 16.4 Å². The van der Waals surface area contributed by atoms with E-state index in [0.29, 0.717) is 17.3 Å². The van der Waals surface area contributed by atoms with E-state index in [9.17, 15) is 4.79 Å². The average molecular weight is 275 g/mol. The Bertz CT molecular complexity index is 518. The molecule has 3 rings (SSSR count). The van der Waals surface area contributed by atoms with Crippen LogP contribution in [0.4, 0.5) is 11.5 Å². The third-order valence-electron chi connectivity index (χ3n) is 4.35. The number of carbonyl (C=O) groups excluding carboxylic acids is 1. The quantitative estimate of drug-likeness (QED) is 0.817. The predicted octanol–water partition coefficient (Wildman–Crippen LogP) is 0.437. The molecule has 2 aliphatic heterocycles. The van der Waals surface area contributed by atoms with Gasteiger partial charge in [0.1, 0.15) is 5.82 Å². The Kier molecular flexibility index (Phi) is 3.48. The van der Waals surface area contributed by atoms with Crippen LogP contribution in [-0.2, 0) is 0 Å². The molecule has 1 unspecified atom stereocenters. The highest BCUT2D eigenvalue weighted by atomic mass is 16.1. The van der Waals surface area contributed by atoms with Crippen molar-refractivity contribution in [3.63, 3.8) is 0 Å². The summed E-state index contributed by atoms with van der Waals surface area (Å²) < 4.78 is 0. The number of nitrogens with two attached hydrogens (primary N) is 2. The zero-order valence-corrected chi connectivity index (χ0v) is 11.6. The molecule has 1 aromatic rings. The number of anilines is 2. The standard InChI is InChI=1S/C14H21N5O/c15-12-8-17-13(7-11(12)14(16)20)19-6-5-18-4-2-1-3-10(18)9-19/h7-8,10H,1-6,9,15H2,(H2,16,20). The number of aromatic nitrogens is 1. The van der Waals surface area contributed by atoms with Gasteiger partial charge in [0.15, 0.2) is 0 Å². The molecule has 0 spiro atoms. The molecule has 6 nitrogen and oxygen atoms in total. The molecule has 0 aliphatic carbocycles. The number of fused-ring (bicyclic) bond motifs is 1. The first-order valence-corrected chi connectivity index (χ1v) is 7.19. The second kappa shape index (κ2) is 5.28. The number of primary amides is 1. The van der Waals surface area contributed by atoms with Gasteiger partial charge in [-0.15, -0.1) is 0 Å². The van der Waals surface area contributed by atoms with Crippen molar-refractivity contribution in [1.82, 2.24) is 9.88 Å². The summed E-state index contributed by atoms with van der Waals surface area (Å²) in [6, 6.07) is 2.32. The number of hydrogen-bond donors (Lipinski definition) is 2. The maximum atomic E-state index is 11.4. The number of nitrogens with zero attached hydrogens (tertiary/aromatic N) is 3. The van der Waals surface area contributed by atoms with Crippen molar-refractivity contribution < 1.29 is 4.79 Å². The molecule has 2 fully saturated rings. The highest BCUT2D eigenvalue weighted by Crippen LogP contribution is 2.25. The second-order valence-electron chi connectivity index (χ2n) is 5.63. The fourth-order valence-corrected chi connectivity index (χ4v) is 3.21. The number of nitrogen functional groups attached to an aromatic ring is 1. The lowest BCUT2D eigenvalue weighted by molar-refractivity contribution is 0.100. The van der Waals surface area contributed by atoms with Crippen LogP contribution in [-0.4, -0.2) is 48.0 Å². The molecule has 0 bridgehead atoms. The fraction of sp³-hybridized carbons (Fsp3) is 0.571. The number of piperidine rings is 1. The Morgan fingerprint density at radius 2 is 2.15 bits per heavy atom. The summed E-state index contributed by atoms with van der Waals surface area (Å²) in [4.78, 5) is 20.5. The van der Waals surface area contributed by atoms with E-state index in [0.717, 1.165) is 25.5 Å². The van der Waals surface area contributed by atoms with Gasteiger partial charge in [-0.1, -0.05) is 6.42 Å². The molecule has 3 heterocycles. The molecule has 0 radical (unpaired) electrons. The van der Waals surface area contributed by atoms with Crippen molar-refractivity contribution in [2.24, 2.45) is 5.73 Å². The van der Waals surface area contributed by atoms with Gasteiger partial charge in [0.25, 0.3) is 5.91 Å². The molecule has 1 atom stereocenters. The lowest BCUT2D eigenvalue weighted by atomic mass is 9.99. The van der Waals surface area contributed by atoms with E-state index in [2.05, 4.69) is 14.8 Å². The topological polar surface area (TPSA) is 88.5 Å². The predicted molar refractivity (Wildman–Crippen MR) is 78.6 cm³/mol. The van der Waals surface area contributed by atoms with Crippen LogP contribution in [0.25, 0.3) is 0 Å². The van der Waals surface area contributed by atoms with Gasteiger partial charge in [-0.2, -0.15) is 0 Å². The van der Waals surface area contributed by atoms with Crippen LogP contribution in [0.3, 0.4) is 0 Å². The van der Waals surface area contributed by atoms with Crippen molar-refractivity contribution in [3.8, 4) is 0 Å². The third-order valence-corrected chi connectivity index (χ3v) is 4.35. The van der Waals surface area contributed by atoms with E-state index >= 15 is 0 Å². The van der Waals surface area contributed by atoms with Crippen LogP contribution in [0.15, 0.2) is 12.3 Å². The number of pyridine rings is 1. The molecular formula is C14H21N5O. The monoisotopic (exact) mass is 275 g/mol. The van der Waals surface area contributed by atoms with Crippen molar-refractivity contribution in [2.75, 3.05) is 36.8 Å². The lowest BCUT2D eigenvalue weighted by Crippen LogP contribution is -2.55. The summed E-state index contributed by atoms with van der Waals surface area (Å²) in [6.45, 7) is 4.17. The number of amides is 1. The summed E-state index contributed by atoms with van der Waals surface area (Å²) in [5.41, 5.74) is 11.8. The van der Waals surface area contributed by atoms with Crippen LogP contribution in [0.5, 0.6) is 0 Å². The van der Waals surface area contributed by atoms with Gasteiger partial charge in [-0.05, 0) is 25.5 Å². The Balaban J connectivity index is 1.79. The molecular weight excluding hydrogens is 254 g/mol. The zero-order valence-electron chi connectivity index (χ0n) is 11.6. The van der Waals surface area contributed by atoms with Gasteiger partial charge in [-0.3, -0.25) is 9.69 Å². The summed E-state index contributed by atoms with van der Waals surface area (Å²) in [7, 11) is 0. The number of rotatable bonds is 2. The smallest absolute Gasteiger partial charge is 0.250 e. The second-order valence-corrected chi connectivity index (χ2v) is 5.63. The van der Waals surface area contributed by atoms with Crippen LogP contribution in [0.2, 0.25) is 0 Å². The Morgan fingerprint density at radius 1 is 1.30 bits per heavy atom. The molecule has 0 saturated carbocycles. The third kappa shape index (κ3) is 2.43. The van der Waals surface area contributed by atoms with Crippen LogP contribution >= 0.6 is 0 Å². The van der Waals surface area contributed by atoms with Crippen molar-refractivity contribution >= 4 is 17.4 Å². The van der Waals surface area contributed by atoms with Crippen LogP contribution < -0.4 is 16.4 Å². The minimum atomic E-state index is -0.498. The number of hydrogen-bond acceptors (Lipinski definition) is 5. The van der Waals surface area contributed by atoms with E-state index < -0.39 is 5.91 Å². The molecule has 108 valence electrons. The molecule has 0 aromatic carbocycles. The minimum absolute atomic E-state index is 0.345. The molecule has 4 N–H and O–H groups in total. The summed E-state index contributed by atoms with van der Waals surface area (Å²) in [5, 5.41) is 0. The van der Waals surface area contributed by atoms with Crippen LogP contribution in [0.1, 0.15) is 29.6 Å². The van der Waals surface area contributed by atoms with Gasteiger partial charge in [0.2, 0.25) is 0 Å². The van der Waals surface area contributed by atoms with E-state index in [4.69, 9.17) is 11.5 Å². The van der Waals surface area contributed by atoms with E-state index in [1.807, 2.05) is 0 Å². The van der Waals surface area contributed by atoms with Crippen molar-refractivity contribution in [1.29, 1.82) is 0 Å². The lowest BCUT2D eigenvalue weighted by Gasteiger charge is -2.44. The van der Waals surface area contributed by atoms with Gasteiger partial charge in [0.05, 0.1) is 17.4 Å². The molecule has 6 heteroatoms. The minimum Gasteiger partial charge on any atom is -0.397 e. The van der Waals surface area contributed by atoms with Crippen molar-refractivity contribution in [2.45, 2.75) is 25.3 Å². The summed E-state index contributed by atoms with van der Waals surface area (Å²) >= 11 is 0. The average Bonchev–Trinajstić information content (AvgIpc) is 2.47. The molecule has 1 aromatic heterocycles. The largest absolute Gasteiger partial charge is 0.397 e. The van der Waals surface area contributed by atoms with E-state index in [-0.39, 0.29) is 0 Å². The maximum Gasteiger partial charge on any atom is 0.250 e. The van der Waals surface area contributed by atoms with Gasteiger partial charge >= 0.3 is 0 Å². The van der Waals surface area contributed by atoms with Crippen molar-refractivity contribution in [3.05, 3.63) is 17.8 Å². The summed E-state index contributed by atoms with van der Waals surface area (Å²) in [6.07, 6.45) is 5.38. The van der Waals surface area contributed by atoms with Gasteiger partial charge in [0, 0.05) is 25.7 Å². The molecule has 1 amide bonds. The molecule has 2 saturated heterocycles. The molecule has 2 aliphatic rings. The van der Waals surface area contributed by atoms with Gasteiger partial charge in [-0.25, -0.2) is 4.98 Å². The molecule has 20 heavy (non-hydrogen) atoms. The van der Waals surface area contributed by atoms with E-state index in [1.54, 1.807) is 6.07 Å². The highest BCUT2D eigenvalue weighted by Gasteiger charge is 2.29. The first-order chi connectivity index (χ1) is 9.65. The number of carbonyl (C=O) groups is 1. The Hall–Kier alpha value is -1.82. The summed E-state index contributed by atoms with van der Waals surface area (Å²) in [5.74, 6) is 0.306. The van der Waals surface area contributed by atoms with E-state index in [1.165, 1.54) is 32.0 Å². The fourth-order valence-electron chi connectivity index (χ4n) is 3.21. The van der Waals surface area contributed by atoms with Crippen LogP contribution in [0, 0.1) is 0 Å². The Labute approximate surface area is 118 Å². The maximum absolute atomic E-state index is 11.4. The number of piperazine rings is 1. The SMILES string of the molecule is NC(=O)c1cc(N2CCN3CCCCC3C2)ncc1N. The Morgan fingerprint density at radius 3 is 2.95 bits per heavy atom. The zero-order chi connectivity index (χ0) is 14.1. The first-order valence-electron chi connectivity index (χ1n) is 7.19. The normalized spacial score (nSPS) is 23.4. The highest BCUT2D eigenvalue weighted by molar-refractivity contribution is 5.98. The first kappa shape index (κ1) is 13.2.